The van der Waals surface area contributed by atoms with Gasteiger partial charge in [-0.2, -0.15) is 0 Å². The number of halogens is 2. The highest BCUT2D eigenvalue weighted by atomic mass is 32.2. The zero-order chi connectivity index (χ0) is 20.4. The second kappa shape index (κ2) is 8.42. The van der Waals surface area contributed by atoms with Crippen LogP contribution in [0.15, 0.2) is 29.3 Å². The number of benzene rings is 1. The summed E-state index contributed by atoms with van der Waals surface area (Å²) in [4.78, 5) is 8.75. The summed E-state index contributed by atoms with van der Waals surface area (Å²) in [7, 11) is 1.59. The van der Waals surface area contributed by atoms with Crippen molar-refractivity contribution in [1.29, 1.82) is 0 Å². The van der Waals surface area contributed by atoms with Gasteiger partial charge in [-0.15, -0.1) is 0 Å². The molecule has 2 N–H and O–H groups in total. The van der Waals surface area contributed by atoms with E-state index in [2.05, 4.69) is 9.97 Å². The zero-order valence-corrected chi connectivity index (χ0v) is 16.7. The second-order valence-corrected chi connectivity index (χ2v) is 8.04. The zero-order valence-electron chi connectivity index (χ0n) is 15.9. The molecule has 0 bridgehead atoms. The molecule has 0 saturated carbocycles. The van der Waals surface area contributed by atoms with Crippen LogP contribution < -0.4 is 5.73 Å². The number of aryl methyl sites for hydroxylation is 2. The maximum atomic E-state index is 13.8. The number of methoxy groups -OCH3 is 1. The highest BCUT2D eigenvalue weighted by Gasteiger charge is 2.21. The van der Waals surface area contributed by atoms with E-state index >= 15 is 0 Å². The average molecular weight is 408 g/mol. The third-order valence-electron chi connectivity index (χ3n) is 4.58. The van der Waals surface area contributed by atoms with Crippen LogP contribution in [0.1, 0.15) is 30.8 Å². The minimum Gasteiger partial charge on any atom is -0.611 e. The predicted molar refractivity (Wildman–Crippen MR) is 104 cm³/mol. The average Bonchev–Trinajstić information content (AvgIpc) is 3.05. The van der Waals surface area contributed by atoms with Crippen LogP contribution in [-0.4, -0.2) is 32.0 Å². The van der Waals surface area contributed by atoms with E-state index in [4.69, 9.17) is 10.5 Å². The first-order valence-electron chi connectivity index (χ1n) is 8.81. The predicted octanol–water partition coefficient (Wildman–Crippen LogP) is 3.51. The van der Waals surface area contributed by atoms with E-state index in [1.807, 2.05) is 18.4 Å². The lowest BCUT2D eigenvalue weighted by Crippen LogP contribution is -2.14. The van der Waals surface area contributed by atoms with Gasteiger partial charge in [0.05, 0.1) is 5.52 Å². The molecule has 28 heavy (non-hydrogen) atoms. The highest BCUT2D eigenvalue weighted by molar-refractivity contribution is 7.91. The number of hydrogen-bond acceptors (Lipinski definition) is 5. The Labute approximate surface area is 164 Å². The van der Waals surface area contributed by atoms with Gasteiger partial charge in [-0.05, 0) is 42.7 Å². The van der Waals surface area contributed by atoms with Crippen LogP contribution in [0.2, 0.25) is 0 Å². The van der Waals surface area contributed by atoms with Crippen molar-refractivity contribution in [2.24, 2.45) is 0 Å². The molecular formula is C19H22F2N4O2S. The lowest BCUT2D eigenvalue weighted by molar-refractivity contribution is 0.109. The monoisotopic (exact) mass is 408 g/mol. The molecule has 2 aromatic heterocycles. The van der Waals surface area contributed by atoms with Gasteiger partial charge in [-0.25, -0.2) is 18.7 Å². The molecule has 3 rings (SSSR count). The topological polar surface area (TPSA) is 89.0 Å². The van der Waals surface area contributed by atoms with Gasteiger partial charge in [0, 0.05) is 32.3 Å². The summed E-state index contributed by atoms with van der Waals surface area (Å²) < 4.78 is 46.7. The van der Waals surface area contributed by atoms with E-state index in [1.54, 1.807) is 13.3 Å². The Morgan fingerprint density at radius 1 is 1.36 bits per heavy atom. The molecule has 2 atom stereocenters. The Morgan fingerprint density at radius 2 is 2.11 bits per heavy atom. The number of hydrogen-bond donors (Lipinski definition) is 1. The SMILES string of the molecule is COC(C)c1nc2c(N)ncc(C)c2n1CCC[S+]([O-])c1ccc(F)cc1F. The first kappa shape index (κ1) is 20.5. The van der Waals surface area contributed by atoms with Gasteiger partial charge < -0.3 is 19.6 Å². The molecule has 0 aliphatic carbocycles. The number of anilines is 1. The Morgan fingerprint density at radius 3 is 2.79 bits per heavy atom. The number of aromatic nitrogens is 3. The smallest absolute Gasteiger partial charge is 0.188 e. The van der Waals surface area contributed by atoms with Gasteiger partial charge in [-0.3, -0.25) is 0 Å². The number of rotatable bonds is 7. The van der Waals surface area contributed by atoms with Crippen LogP contribution in [0.25, 0.3) is 11.0 Å². The third-order valence-corrected chi connectivity index (χ3v) is 6.06. The number of nitrogens with zero attached hydrogens (tertiary/aromatic N) is 3. The second-order valence-electron chi connectivity index (χ2n) is 6.50. The number of nitrogen functional groups attached to an aromatic ring is 1. The van der Waals surface area contributed by atoms with Crippen LogP contribution in [0.4, 0.5) is 14.6 Å². The molecule has 0 aliphatic rings. The standard InChI is InChI=1S/C19H22F2N4O2S/c1-11-10-23-18(22)16-17(11)25(19(24-16)12(2)27-3)7-4-8-28(26)15-6-5-13(20)9-14(15)21/h5-6,9-10,12H,4,7-8H2,1-3H3,(H2,22,23). The summed E-state index contributed by atoms with van der Waals surface area (Å²) in [6.45, 7) is 4.29. The van der Waals surface area contributed by atoms with Crippen LogP contribution in [0.3, 0.4) is 0 Å². The van der Waals surface area contributed by atoms with E-state index in [1.165, 1.54) is 6.07 Å². The summed E-state index contributed by atoms with van der Waals surface area (Å²) in [6, 6.07) is 3.08. The molecule has 0 saturated heterocycles. The fraction of sp³-hybridized carbons (Fsp3) is 0.368. The highest BCUT2D eigenvalue weighted by Crippen LogP contribution is 2.28. The maximum absolute atomic E-state index is 13.8. The van der Waals surface area contributed by atoms with E-state index < -0.39 is 22.8 Å². The van der Waals surface area contributed by atoms with Gasteiger partial charge in [0.2, 0.25) is 0 Å². The van der Waals surface area contributed by atoms with Crippen molar-refractivity contribution in [3.05, 3.63) is 47.4 Å². The molecule has 3 aromatic rings. The minimum atomic E-state index is -1.57. The molecule has 6 nitrogen and oxygen atoms in total. The van der Waals surface area contributed by atoms with Gasteiger partial charge in [-0.1, -0.05) is 0 Å². The number of pyridine rings is 1. The van der Waals surface area contributed by atoms with E-state index in [-0.39, 0.29) is 16.8 Å². The lowest BCUT2D eigenvalue weighted by atomic mass is 10.2. The van der Waals surface area contributed by atoms with Crippen molar-refractivity contribution < 1.29 is 18.1 Å². The van der Waals surface area contributed by atoms with Crippen LogP contribution >= 0.6 is 0 Å². The Kier molecular flexibility index (Phi) is 6.17. The first-order chi connectivity index (χ1) is 13.3. The van der Waals surface area contributed by atoms with Gasteiger partial charge in [0.25, 0.3) is 0 Å². The van der Waals surface area contributed by atoms with E-state index in [0.717, 1.165) is 23.2 Å². The number of fused-ring (bicyclic) bond motifs is 1. The number of ether oxygens (including phenoxy) is 1. The van der Waals surface area contributed by atoms with Crippen LogP contribution in [0, 0.1) is 18.6 Å². The van der Waals surface area contributed by atoms with Crippen molar-refractivity contribution in [3.8, 4) is 0 Å². The molecule has 2 unspecified atom stereocenters. The first-order valence-corrected chi connectivity index (χ1v) is 10.1. The summed E-state index contributed by atoms with van der Waals surface area (Å²) in [6.07, 6.45) is 1.91. The van der Waals surface area contributed by atoms with E-state index in [0.29, 0.717) is 30.1 Å². The maximum Gasteiger partial charge on any atom is 0.188 e. The van der Waals surface area contributed by atoms with Gasteiger partial charge in [0.1, 0.15) is 29.0 Å². The third kappa shape index (κ3) is 3.96. The molecule has 1 aromatic carbocycles. The van der Waals surface area contributed by atoms with Crippen molar-refractivity contribution in [1.82, 2.24) is 14.5 Å². The Balaban J connectivity index is 1.84. The molecule has 0 amide bonds. The quantitative estimate of drug-likeness (QED) is 0.605. The molecule has 2 heterocycles. The van der Waals surface area contributed by atoms with Crippen LogP contribution in [0.5, 0.6) is 0 Å². The molecule has 0 spiro atoms. The molecule has 0 radical (unpaired) electrons. The van der Waals surface area contributed by atoms with Crippen molar-refractivity contribution in [3.63, 3.8) is 0 Å². The summed E-state index contributed by atoms with van der Waals surface area (Å²) in [5, 5.41) is 0. The minimum absolute atomic E-state index is 0.00648. The molecule has 150 valence electrons. The van der Waals surface area contributed by atoms with Crippen molar-refractivity contribution >= 4 is 28.0 Å². The molecular weight excluding hydrogens is 386 g/mol. The van der Waals surface area contributed by atoms with Crippen LogP contribution in [-0.2, 0) is 22.5 Å². The van der Waals surface area contributed by atoms with Crippen molar-refractivity contribution in [2.75, 3.05) is 18.6 Å². The van der Waals surface area contributed by atoms with Crippen molar-refractivity contribution in [2.45, 2.75) is 37.8 Å². The largest absolute Gasteiger partial charge is 0.611 e. The van der Waals surface area contributed by atoms with Gasteiger partial charge >= 0.3 is 0 Å². The Hall–Kier alpha value is -2.23. The molecule has 9 heteroatoms. The summed E-state index contributed by atoms with van der Waals surface area (Å²) in [5.41, 5.74) is 8.35. The summed E-state index contributed by atoms with van der Waals surface area (Å²) in [5.74, 6) is -0.236. The number of nitrogens with two attached hydrogens (primary N) is 1. The molecule has 0 aliphatic heterocycles. The lowest BCUT2D eigenvalue weighted by Gasteiger charge is -2.15. The molecule has 0 fully saturated rings. The summed E-state index contributed by atoms with van der Waals surface area (Å²) >= 11 is -1.57. The fourth-order valence-corrected chi connectivity index (χ4v) is 4.21. The van der Waals surface area contributed by atoms with E-state index in [9.17, 15) is 13.3 Å². The Bertz CT molecular complexity index is 996. The normalized spacial score (nSPS) is 13.8. The fourth-order valence-electron chi connectivity index (χ4n) is 3.10. The number of imidazole rings is 1. The van der Waals surface area contributed by atoms with Gasteiger partial charge in [0.15, 0.2) is 16.5 Å².